The summed E-state index contributed by atoms with van der Waals surface area (Å²) >= 11 is 0.832. The highest BCUT2D eigenvalue weighted by Gasteiger charge is 2.32. The highest BCUT2D eigenvalue weighted by Crippen LogP contribution is 2.26. The van der Waals surface area contributed by atoms with Crippen LogP contribution >= 0.6 is 23.7 Å². The first-order valence-corrected chi connectivity index (χ1v) is 8.62. The summed E-state index contributed by atoms with van der Waals surface area (Å²) in [6.45, 7) is 1.81. The molecule has 2 heterocycles. The van der Waals surface area contributed by atoms with Crippen LogP contribution in [0.5, 0.6) is 0 Å². The Morgan fingerprint density at radius 3 is 2.77 bits per heavy atom. The van der Waals surface area contributed by atoms with Crippen LogP contribution in [0.1, 0.15) is 16.1 Å². The van der Waals surface area contributed by atoms with Gasteiger partial charge in [-0.3, -0.25) is 4.79 Å². The molecular formula is C12H15ClF2N2O3S2. The van der Waals surface area contributed by atoms with Gasteiger partial charge in [-0.2, -0.15) is 8.78 Å². The predicted octanol–water partition coefficient (Wildman–Crippen LogP) is 1.82. The average Bonchev–Trinajstić information content (AvgIpc) is 2.96. The fraction of sp³-hybridized carbons (Fsp3) is 0.417. The molecule has 1 aliphatic rings. The number of carbonyl (C=O) groups is 1. The highest BCUT2D eigenvalue weighted by molar-refractivity contribution is 7.92. The van der Waals surface area contributed by atoms with Crippen molar-refractivity contribution in [3.8, 4) is 0 Å². The van der Waals surface area contributed by atoms with Crippen LogP contribution in [0.3, 0.4) is 0 Å². The Hall–Kier alpha value is -1.03. The third kappa shape index (κ3) is 4.25. The van der Waals surface area contributed by atoms with Crippen molar-refractivity contribution in [2.45, 2.75) is 17.1 Å². The van der Waals surface area contributed by atoms with Gasteiger partial charge in [0.05, 0.1) is 4.90 Å². The number of hydrogen-bond acceptors (Lipinski definition) is 5. The van der Waals surface area contributed by atoms with E-state index in [-0.39, 0.29) is 23.8 Å². The lowest BCUT2D eigenvalue weighted by atomic mass is 10.1. The largest absolute Gasteiger partial charge is 0.348 e. The van der Waals surface area contributed by atoms with E-state index >= 15 is 0 Å². The number of hydrogen-bond donors (Lipinski definition) is 2. The van der Waals surface area contributed by atoms with E-state index in [1.54, 1.807) is 0 Å². The number of rotatable bonds is 5. The van der Waals surface area contributed by atoms with Crippen LogP contribution in [0.2, 0.25) is 0 Å². The van der Waals surface area contributed by atoms with E-state index in [9.17, 15) is 22.0 Å². The minimum Gasteiger partial charge on any atom is -0.348 e. The van der Waals surface area contributed by atoms with Gasteiger partial charge in [-0.25, -0.2) is 8.42 Å². The summed E-state index contributed by atoms with van der Waals surface area (Å²) in [4.78, 5) is 11.2. The van der Waals surface area contributed by atoms with Crippen LogP contribution in [-0.2, 0) is 9.84 Å². The Balaban J connectivity index is 0.00000242. The summed E-state index contributed by atoms with van der Waals surface area (Å²) in [6, 6.07) is 1.03. The van der Waals surface area contributed by atoms with Crippen molar-refractivity contribution in [1.29, 1.82) is 0 Å². The first kappa shape index (κ1) is 19.0. The lowest BCUT2D eigenvalue weighted by molar-refractivity contribution is 0.0957. The van der Waals surface area contributed by atoms with Crippen LogP contribution in [-0.4, -0.2) is 39.7 Å². The summed E-state index contributed by atoms with van der Waals surface area (Å²) < 4.78 is 48.1. The zero-order chi connectivity index (χ0) is 15.5. The summed E-state index contributed by atoms with van der Waals surface area (Å²) in [5.41, 5.74) is 1.02. The van der Waals surface area contributed by atoms with E-state index in [1.165, 1.54) is 5.38 Å². The second-order valence-corrected chi connectivity index (χ2v) is 7.22. The van der Waals surface area contributed by atoms with Gasteiger partial charge in [0.15, 0.2) is 0 Å². The fourth-order valence-electron chi connectivity index (χ4n) is 1.89. The number of carbonyl (C=O) groups excluding carboxylic acids is 1. The molecule has 0 spiro atoms. The van der Waals surface area contributed by atoms with Gasteiger partial charge >= 0.3 is 5.76 Å². The van der Waals surface area contributed by atoms with Gasteiger partial charge in [0.25, 0.3) is 5.91 Å². The van der Waals surface area contributed by atoms with Crippen molar-refractivity contribution < 1.29 is 22.0 Å². The Kier molecular flexibility index (Phi) is 6.92. The lowest BCUT2D eigenvalue weighted by Crippen LogP contribution is -2.30. The van der Waals surface area contributed by atoms with Crippen molar-refractivity contribution in [2.75, 3.05) is 19.6 Å². The normalized spacial score (nSPS) is 15.1. The third-order valence-electron chi connectivity index (χ3n) is 3.01. The number of alkyl halides is 2. The van der Waals surface area contributed by atoms with E-state index in [0.717, 1.165) is 42.5 Å². The summed E-state index contributed by atoms with van der Waals surface area (Å²) in [7, 11) is -4.76. The van der Waals surface area contributed by atoms with Gasteiger partial charge < -0.3 is 10.6 Å². The second kappa shape index (κ2) is 8.00. The molecule has 0 saturated carbocycles. The fourth-order valence-corrected chi connectivity index (χ4v) is 3.97. The first-order valence-electron chi connectivity index (χ1n) is 6.19. The molecule has 0 unspecified atom stereocenters. The Morgan fingerprint density at radius 2 is 2.18 bits per heavy atom. The van der Waals surface area contributed by atoms with Gasteiger partial charge in [0.2, 0.25) is 9.84 Å². The van der Waals surface area contributed by atoms with E-state index in [0.29, 0.717) is 0 Å². The molecule has 0 saturated heterocycles. The van der Waals surface area contributed by atoms with Crippen molar-refractivity contribution in [3.63, 3.8) is 0 Å². The molecule has 1 aliphatic heterocycles. The van der Waals surface area contributed by atoms with E-state index in [4.69, 9.17) is 0 Å². The Labute approximate surface area is 137 Å². The van der Waals surface area contributed by atoms with Crippen LogP contribution in [0.15, 0.2) is 28.0 Å². The van der Waals surface area contributed by atoms with Crippen LogP contribution < -0.4 is 10.6 Å². The van der Waals surface area contributed by atoms with Crippen molar-refractivity contribution in [1.82, 2.24) is 10.6 Å². The van der Waals surface area contributed by atoms with Crippen LogP contribution in [0.25, 0.3) is 0 Å². The van der Waals surface area contributed by atoms with Crippen molar-refractivity contribution >= 4 is 39.5 Å². The minimum absolute atomic E-state index is 0. The van der Waals surface area contributed by atoms with Crippen molar-refractivity contribution in [2.24, 2.45) is 0 Å². The van der Waals surface area contributed by atoms with Gasteiger partial charge in [-0.05, 0) is 24.4 Å². The zero-order valence-electron chi connectivity index (χ0n) is 11.3. The molecule has 2 rings (SSSR count). The summed E-state index contributed by atoms with van der Waals surface area (Å²) in [5, 5.41) is 7.01. The Morgan fingerprint density at radius 1 is 1.45 bits per heavy atom. The Bertz CT molecular complexity index is 659. The molecule has 124 valence electrons. The molecule has 0 radical (unpaired) electrons. The van der Waals surface area contributed by atoms with Crippen LogP contribution in [0.4, 0.5) is 8.78 Å². The van der Waals surface area contributed by atoms with Gasteiger partial charge in [-0.15, -0.1) is 23.7 Å². The molecular weight excluding hydrogens is 358 g/mol. The molecule has 0 aromatic carbocycles. The minimum atomic E-state index is -4.76. The quantitative estimate of drug-likeness (QED) is 0.773. The lowest BCUT2D eigenvalue weighted by Gasteiger charge is -2.14. The molecule has 1 amide bonds. The second-order valence-electron chi connectivity index (χ2n) is 4.42. The summed E-state index contributed by atoms with van der Waals surface area (Å²) in [5.74, 6) is -4.19. The topological polar surface area (TPSA) is 75.3 Å². The van der Waals surface area contributed by atoms with Gasteiger partial charge in [0.1, 0.15) is 4.88 Å². The van der Waals surface area contributed by atoms with Crippen LogP contribution in [0, 0.1) is 0 Å². The number of amides is 1. The van der Waals surface area contributed by atoms with Gasteiger partial charge in [-0.1, -0.05) is 11.6 Å². The summed E-state index contributed by atoms with van der Waals surface area (Å²) in [6.07, 6.45) is 2.72. The molecule has 1 aromatic heterocycles. The zero-order valence-corrected chi connectivity index (χ0v) is 13.8. The number of nitrogens with one attached hydrogen (secondary N) is 2. The molecule has 2 N–H and O–H groups in total. The predicted molar refractivity (Wildman–Crippen MR) is 82.7 cm³/mol. The molecule has 10 heteroatoms. The number of thiophene rings is 1. The molecule has 0 atom stereocenters. The molecule has 5 nitrogen and oxygen atoms in total. The standard InChI is InChI=1S/C12H14F2N2O3S2.ClH/c13-12(14)21(18,19)9-3-6-20-10(9)11(17)16-7-8-1-4-15-5-2-8;/h1,3,6,12,15H,2,4-5,7H2,(H,16,17);1H. The van der Waals surface area contributed by atoms with E-state index in [2.05, 4.69) is 10.6 Å². The SMILES string of the molecule is Cl.O=C(NCC1=CCNCC1)c1sccc1S(=O)(=O)C(F)F. The highest BCUT2D eigenvalue weighted by atomic mass is 35.5. The van der Waals surface area contributed by atoms with Crippen molar-refractivity contribution in [3.05, 3.63) is 28.0 Å². The smallest absolute Gasteiger partial charge is 0.341 e. The van der Waals surface area contributed by atoms with E-state index in [1.807, 2.05) is 6.08 Å². The first-order chi connectivity index (χ1) is 9.93. The maximum absolute atomic E-state index is 12.6. The van der Waals surface area contributed by atoms with Gasteiger partial charge in [0, 0.05) is 13.1 Å². The molecule has 0 bridgehead atoms. The molecule has 0 aliphatic carbocycles. The third-order valence-corrected chi connectivity index (χ3v) is 5.48. The number of halogens is 3. The molecule has 1 aromatic rings. The maximum atomic E-state index is 12.6. The molecule has 22 heavy (non-hydrogen) atoms. The maximum Gasteiger partial charge on any atom is 0.341 e. The number of sulfone groups is 1. The van der Waals surface area contributed by atoms with E-state index < -0.39 is 26.4 Å². The monoisotopic (exact) mass is 372 g/mol. The molecule has 0 fully saturated rings. The average molecular weight is 373 g/mol.